The first kappa shape index (κ1) is 14.5. The van der Waals surface area contributed by atoms with Gasteiger partial charge in [-0.1, -0.05) is 0 Å². The molecule has 0 bridgehead atoms. The Kier molecular flexibility index (Phi) is 5.11. The van der Waals surface area contributed by atoms with Gasteiger partial charge in [0.05, 0.1) is 26.0 Å². The fourth-order valence-corrected chi connectivity index (χ4v) is 1.99. The molecule has 110 valence electrons. The summed E-state index contributed by atoms with van der Waals surface area (Å²) in [5, 5.41) is 0. The van der Waals surface area contributed by atoms with Crippen LogP contribution in [0.1, 0.15) is 13.3 Å². The summed E-state index contributed by atoms with van der Waals surface area (Å²) >= 11 is 0. The largest absolute Gasteiger partial charge is 0.480 e. The first-order chi connectivity index (χ1) is 9.72. The molecule has 0 N–H and O–H groups in total. The minimum absolute atomic E-state index is 0.00493. The highest BCUT2D eigenvalue weighted by Crippen LogP contribution is 2.18. The molecule has 7 heteroatoms. The maximum atomic E-state index is 11.8. The molecule has 1 saturated heterocycles. The molecule has 1 amide bonds. The van der Waals surface area contributed by atoms with E-state index in [2.05, 4.69) is 9.97 Å². The summed E-state index contributed by atoms with van der Waals surface area (Å²) < 4.78 is 15.8. The number of hydrogen-bond acceptors (Lipinski definition) is 6. The van der Waals surface area contributed by atoms with Crippen LogP contribution in [0.5, 0.6) is 11.8 Å². The van der Waals surface area contributed by atoms with Crippen molar-refractivity contribution in [1.29, 1.82) is 0 Å². The molecule has 1 aromatic heterocycles. The van der Waals surface area contributed by atoms with Crippen LogP contribution in [0, 0.1) is 0 Å². The van der Waals surface area contributed by atoms with E-state index in [1.54, 1.807) is 4.90 Å². The monoisotopic (exact) mass is 281 g/mol. The fourth-order valence-electron chi connectivity index (χ4n) is 1.99. The second-order valence-electron chi connectivity index (χ2n) is 4.41. The predicted octanol–water partition coefficient (Wildman–Crippen LogP) is 0.501. The second kappa shape index (κ2) is 7.04. The van der Waals surface area contributed by atoms with Gasteiger partial charge in [-0.25, -0.2) is 0 Å². The Hall–Kier alpha value is -1.89. The SMILES string of the molecule is CCOCC(=O)N1CCC(Oc2cncc(OC)n2)C1. The minimum atomic E-state index is -0.0676. The quantitative estimate of drug-likeness (QED) is 0.756. The van der Waals surface area contributed by atoms with E-state index in [4.69, 9.17) is 14.2 Å². The number of ether oxygens (including phenoxy) is 3. The average molecular weight is 281 g/mol. The van der Waals surface area contributed by atoms with Crippen LogP contribution in [0.4, 0.5) is 0 Å². The summed E-state index contributed by atoms with van der Waals surface area (Å²) in [6, 6.07) is 0. The van der Waals surface area contributed by atoms with Gasteiger partial charge in [-0.2, -0.15) is 4.98 Å². The van der Waals surface area contributed by atoms with Crippen molar-refractivity contribution in [3.05, 3.63) is 12.4 Å². The van der Waals surface area contributed by atoms with Crippen molar-refractivity contribution < 1.29 is 19.0 Å². The first-order valence-corrected chi connectivity index (χ1v) is 6.61. The van der Waals surface area contributed by atoms with Gasteiger partial charge in [0.25, 0.3) is 0 Å². The van der Waals surface area contributed by atoms with Crippen LogP contribution in [0.3, 0.4) is 0 Å². The van der Waals surface area contributed by atoms with E-state index in [0.717, 1.165) is 6.42 Å². The van der Waals surface area contributed by atoms with Crippen molar-refractivity contribution in [3.63, 3.8) is 0 Å². The van der Waals surface area contributed by atoms with Gasteiger partial charge in [0, 0.05) is 19.6 Å². The standard InChI is InChI=1S/C13H19N3O4/c1-3-19-9-13(17)16-5-4-10(8-16)20-12-7-14-6-11(15-12)18-2/h6-7,10H,3-5,8-9H2,1-2H3. The summed E-state index contributed by atoms with van der Waals surface area (Å²) in [6.07, 6.45) is 3.76. The first-order valence-electron chi connectivity index (χ1n) is 6.61. The molecule has 1 aliphatic rings. The molecule has 0 aliphatic carbocycles. The zero-order chi connectivity index (χ0) is 14.4. The minimum Gasteiger partial charge on any atom is -0.480 e. The van der Waals surface area contributed by atoms with Crippen LogP contribution in [0.15, 0.2) is 12.4 Å². The Morgan fingerprint density at radius 2 is 2.25 bits per heavy atom. The molecule has 0 spiro atoms. The molecular formula is C13H19N3O4. The van der Waals surface area contributed by atoms with E-state index in [1.807, 2.05) is 6.92 Å². The van der Waals surface area contributed by atoms with Crippen LogP contribution in [-0.2, 0) is 9.53 Å². The molecule has 1 aliphatic heterocycles. The molecule has 1 unspecified atom stereocenters. The Labute approximate surface area is 117 Å². The number of rotatable bonds is 6. The highest BCUT2D eigenvalue weighted by Gasteiger charge is 2.27. The second-order valence-corrected chi connectivity index (χ2v) is 4.41. The fraction of sp³-hybridized carbons (Fsp3) is 0.615. The van der Waals surface area contributed by atoms with Crippen LogP contribution in [-0.4, -0.2) is 60.3 Å². The van der Waals surface area contributed by atoms with Crippen LogP contribution >= 0.6 is 0 Å². The number of hydrogen-bond donors (Lipinski definition) is 0. The normalized spacial score (nSPS) is 18.1. The molecule has 20 heavy (non-hydrogen) atoms. The van der Waals surface area contributed by atoms with E-state index in [1.165, 1.54) is 19.5 Å². The van der Waals surface area contributed by atoms with E-state index in [-0.39, 0.29) is 18.6 Å². The third-order valence-corrected chi connectivity index (χ3v) is 3.01. The van der Waals surface area contributed by atoms with E-state index in [9.17, 15) is 4.79 Å². The number of likely N-dealkylation sites (tertiary alicyclic amines) is 1. The number of methoxy groups -OCH3 is 1. The van der Waals surface area contributed by atoms with E-state index in [0.29, 0.717) is 31.5 Å². The lowest BCUT2D eigenvalue weighted by Crippen LogP contribution is -2.33. The highest BCUT2D eigenvalue weighted by molar-refractivity contribution is 5.77. The maximum absolute atomic E-state index is 11.8. The highest BCUT2D eigenvalue weighted by atomic mass is 16.5. The molecule has 1 aromatic rings. The molecule has 0 saturated carbocycles. The van der Waals surface area contributed by atoms with Gasteiger partial charge in [0.15, 0.2) is 0 Å². The topological polar surface area (TPSA) is 73.8 Å². The zero-order valence-corrected chi connectivity index (χ0v) is 11.7. The lowest BCUT2D eigenvalue weighted by Gasteiger charge is -2.16. The zero-order valence-electron chi connectivity index (χ0n) is 11.7. The molecule has 7 nitrogen and oxygen atoms in total. The van der Waals surface area contributed by atoms with Crippen LogP contribution in [0.2, 0.25) is 0 Å². The van der Waals surface area contributed by atoms with Gasteiger partial charge in [-0.05, 0) is 6.92 Å². The van der Waals surface area contributed by atoms with Crippen molar-refractivity contribution in [2.75, 3.05) is 33.4 Å². The van der Waals surface area contributed by atoms with Gasteiger partial charge in [-0.3, -0.25) is 9.78 Å². The Balaban J connectivity index is 1.85. The van der Waals surface area contributed by atoms with Gasteiger partial charge >= 0.3 is 0 Å². The Morgan fingerprint density at radius 1 is 1.45 bits per heavy atom. The lowest BCUT2D eigenvalue weighted by molar-refractivity contribution is -0.135. The molecule has 0 aromatic carbocycles. The molecule has 1 atom stereocenters. The van der Waals surface area contributed by atoms with Crippen LogP contribution < -0.4 is 9.47 Å². The van der Waals surface area contributed by atoms with Crippen LogP contribution in [0.25, 0.3) is 0 Å². The third-order valence-electron chi connectivity index (χ3n) is 3.01. The summed E-state index contributed by atoms with van der Waals surface area (Å²) in [5.41, 5.74) is 0. The molecule has 2 rings (SSSR count). The molecule has 0 radical (unpaired) electrons. The predicted molar refractivity (Wildman–Crippen MR) is 70.7 cm³/mol. The Morgan fingerprint density at radius 3 is 3.00 bits per heavy atom. The number of amides is 1. The van der Waals surface area contributed by atoms with Crippen molar-refractivity contribution in [1.82, 2.24) is 14.9 Å². The molecular weight excluding hydrogens is 262 g/mol. The van der Waals surface area contributed by atoms with Gasteiger partial charge in [-0.15, -0.1) is 0 Å². The summed E-state index contributed by atoms with van der Waals surface area (Å²) in [6.45, 7) is 3.75. The van der Waals surface area contributed by atoms with Crippen molar-refractivity contribution >= 4 is 5.91 Å². The van der Waals surface area contributed by atoms with Gasteiger partial charge in [0.2, 0.25) is 17.7 Å². The van der Waals surface area contributed by atoms with Gasteiger partial charge in [0.1, 0.15) is 12.7 Å². The van der Waals surface area contributed by atoms with E-state index < -0.39 is 0 Å². The average Bonchev–Trinajstić information content (AvgIpc) is 2.93. The number of aromatic nitrogens is 2. The lowest BCUT2D eigenvalue weighted by atomic mass is 10.3. The van der Waals surface area contributed by atoms with Gasteiger partial charge < -0.3 is 19.1 Å². The number of carbonyl (C=O) groups is 1. The summed E-state index contributed by atoms with van der Waals surface area (Å²) in [7, 11) is 1.53. The molecule has 2 heterocycles. The maximum Gasteiger partial charge on any atom is 0.248 e. The van der Waals surface area contributed by atoms with Crippen molar-refractivity contribution in [2.45, 2.75) is 19.4 Å². The van der Waals surface area contributed by atoms with Crippen molar-refractivity contribution in [2.24, 2.45) is 0 Å². The molecule has 1 fully saturated rings. The van der Waals surface area contributed by atoms with Crippen molar-refractivity contribution in [3.8, 4) is 11.8 Å². The smallest absolute Gasteiger partial charge is 0.248 e. The number of nitrogens with zero attached hydrogens (tertiary/aromatic N) is 3. The van der Waals surface area contributed by atoms with E-state index >= 15 is 0 Å². The Bertz CT molecular complexity index is 455. The number of carbonyl (C=O) groups excluding carboxylic acids is 1. The summed E-state index contributed by atoms with van der Waals surface area (Å²) in [4.78, 5) is 21.7. The summed E-state index contributed by atoms with van der Waals surface area (Å²) in [5.74, 6) is 0.813. The third kappa shape index (κ3) is 3.80.